The molecule has 9 nitrogen and oxygen atoms in total. The van der Waals surface area contributed by atoms with Gasteiger partial charge < -0.3 is 15.0 Å². The highest BCUT2D eigenvalue weighted by atomic mass is 19.1. The summed E-state index contributed by atoms with van der Waals surface area (Å²) in [7, 11) is 2.11. The predicted octanol–water partition coefficient (Wildman–Crippen LogP) is 5.54. The van der Waals surface area contributed by atoms with Crippen LogP contribution in [-0.4, -0.2) is 62.3 Å². The molecule has 43 heavy (non-hydrogen) atoms. The maximum absolute atomic E-state index is 14.8. The molecule has 1 aliphatic carbocycles. The number of Topliss-reactive ketones (excluding diaryl/α,β-unsaturated/α-hetero) is 1. The number of allylic oxidation sites excluding steroid dienone is 1. The van der Waals surface area contributed by atoms with Crippen molar-refractivity contribution in [2.75, 3.05) is 25.5 Å². The van der Waals surface area contributed by atoms with E-state index in [4.69, 9.17) is 9.72 Å². The number of benzene rings is 1. The third-order valence-corrected chi connectivity index (χ3v) is 8.88. The first-order valence-electron chi connectivity index (χ1n) is 15.5. The molecule has 3 aromatic rings. The minimum Gasteiger partial charge on any atom is -0.460 e. The van der Waals surface area contributed by atoms with Gasteiger partial charge in [0.1, 0.15) is 17.7 Å². The molecule has 0 unspecified atom stereocenters. The molecular formula is C33H43FN6O3. The molecule has 0 amide bonds. The first kappa shape index (κ1) is 30.8. The van der Waals surface area contributed by atoms with E-state index in [1.807, 2.05) is 6.20 Å². The number of fused-ring (bicyclic) bond motifs is 1. The van der Waals surface area contributed by atoms with Crippen LogP contribution in [0.15, 0.2) is 37.1 Å². The van der Waals surface area contributed by atoms with Gasteiger partial charge in [-0.15, -0.1) is 0 Å². The van der Waals surface area contributed by atoms with Crippen molar-refractivity contribution < 1.29 is 18.7 Å². The second kappa shape index (κ2) is 13.8. The summed E-state index contributed by atoms with van der Waals surface area (Å²) in [5, 5.41) is 7.89. The average molecular weight is 591 g/mol. The molecule has 2 fully saturated rings. The summed E-state index contributed by atoms with van der Waals surface area (Å²) >= 11 is 0. The smallest absolute Gasteiger partial charge is 0.322 e. The van der Waals surface area contributed by atoms with E-state index in [0.717, 1.165) is 62.7 Å². The van der Waals surface area contributed by atoms with E-state index in [1.54, 1.807) is 16.6 Å². The van der Waals surface area contributed by atoms with Gasteiger partial charge in [0, 0.05) is 44.0 Å². The van der Waals surface area contributed by atoms with Gasteiger partial charge in [-0.05, 0) is 80.7 Å². The zero-order valence-corrected chi connectivity index (χ0v) is 25.5. The lowest BCUT2D eigenvalue weighted by Crippen LogP contribution is -2.36. The zero-order chi connectivity index (χ0) is 30.5. The molecule has 2 aromatic heterocycles. The first-order valence-corrected chi connectivity index (χ1v) is 15.5. The number of hydrogen-bond donors (Lipinski definition) is 1. The molecular weight excluding hydrogens is 547 g/mol. The fraction of sp³-hybridized carbons (Fsp3) is 0.545. The van der Waals surface area contributed by atoms with E-state index < -0.39 is 0 Å². The summed E-state index contributed by atoms with van der Waals surface area (Å²) in [6.45, 7) is 10.0. The number of nitrogens with zero attached hydrogens (tertiary/aromatic N) is 5. The third-order valence-electron chi connectivity index (χ3n) is 8.88. The average Bonchev–Trinajstić information content (AvgIpc) is 3.43. The van der Waals surface area contributed by atoms with Crippen LogP contribution < -0.4 is 10.1 Å². The summed E-state index contributed by atoms with van der Waals surface area (Å²) in [6.07, 6.45) is 8.78. The standard InChI is InChI=1S/C33H43FN6O3/c1-5-26(41)17-22-6-9-24(10-7-22)30(42)18-25-16-23(8-11-29(25)34)19-35-32-38-33(43-27-12-14-39(4)15-13-27)37-31-28(21(2)3)20-36-40(31)32/h5,8,11,16,20-22,24,27H,1,6-7,9-10,12-15,17-19H2,2-4H3,(H,35,37,38). The Morgan fingerprint density at radius 3 is 2.58 bits per heavy atom. The highest BCUT2D eigenvalue weighted by Crippen LogP contribution is 2.32. The van der Waals surface area contributed by atoms with E-state index in [1.165, 1.54) is 12.1 Å². The second-order valence-corrected chi connectivity index (χ2v) is 12.5. The molecule has 1 N–H and O–H groups in total. The van der Waals surface area contributed by atoms with E-state index in [-0.39, 0.29) is 41.7 Å². The Balaban J connectivity index is 1.26. The summed E-state index contributed by atoms with van der Waals surface area (Å²) in [5.41, 5.74) is 2.93. The van der Waals surface area contributed by atoms with Crippen LogP contribution in [0.3, 0.4) is 0 Å². The van der Waals surface area contributed by atoms with Crippen LogP contribution in [-0.2, 0) is 22.6 Å². The monoisotopic (exact) mass is 590 g/mol. The van der Waals surface area contributed by atoms with Crippen molar-refractivity contribution in [2.24, 2.45) is 11.8 Å². The van der Waals surface area contributed by atoms with E-state index in [0.29, 0.717) is 42.1 Å². The number of anilines is 1. The highest BCUT2D eigenvalue weighted by Gasteiger charge is 2.28. The van der Waals surface area contributed by atoms with Gasteiger partial charge in [0.15, 0.2) is 11.4 Å². The Labute approximate surface area is 252 Å². The lowest BCUT2D eigenvalue weighted by atomic mass is 9.77. The zero-order valence-electron chi connectivity index (χ0n) is 25.5. The minimum atomic E-state index is -0.380. The Hall–Kier alpha value is -3.66. The number of nitrogens with one attached hydrogen (secondary N) is 1. The highest BCUT2D eigenvalue weighted by molar-refractivity contribution is 5.89. The van der Waals surface area contributed by atoms with E-state index in [9.17, 15) is 14.0 Å². The van der Waals surface area contributed by atoms with Crippen molar-refractivity contribution in [3.63, 3.8) is 0 Å². The fourth-order valence-electron chi connectivity index (χ4n) is 6.14. The number of likely N-dealkylation sites (tertiary alicyclic amines) is 1. The maximum Gasteiger partial charge on any atom is 0.322 e. The number of piperidine rings is 1. The van der Waals surface area contributed by atoms with Gasteiger partial charge in [-0.1, -0.05) is 32.6 Å². The molecule has 1 saturated carbocycles. The number of halogens is 1. The van der Waals surface area contributed by atoms with Crippen molar-refractivity contribution in [3.05, 3.63) is 59.6 Å². The quantitative estimate of drug-likeness (QED) is 0.275. The van der Waals surface area contributed by atoms with Gasteiger partial charge in [0.05, 0.1) is 6.20 Å². The van der Waals surface area contributed by atoms with Crippen molar-refractivity contribution in [1.29, 1.82) is 0 Å². The Bertz CT molecular complexity index is 1450. The largest absolute Gasteiger partial charge is 0.460 e. The van der Waals surface area contributed by atoms with Crippen molar-refractivity contribution in [2.45, 2.75) is 83.8 Å². The van der Waals surface area contributed by atoms with Crippen LogP contribution in [0.25, 0.3) is 5.65 Å². The minimum absolute atomic E-state index is 0.0544. The van der Waals surface area contributed by atoms with Gasteiger partial charge in [-0.3, -0.25) is 9.59 Å². The van der Waals surface area contributed by atoms with Gasteiger partial charge in [0.2, 0.25) is 5.95 Å². The van der Waals surface area contributed by atoms with Gasteiger partial charge in [0.25, 0.3) is 0 Å². The molecule has 3 heterocycles. The molecule has 10 heteroatoms. The molecule has 0 bridgehead atoms. The number of carbonyl (C=O) groups is 2. The normalized spacial score (nSPS) is 19.9. The van der Waals surface area contributed by atoms with Crippen LogP contribution in [0.5, 0.6) is 6.01 Å². The van der Waals surface area contributed by atoms with Crippen molar-refractivity contribution in [1.82, 2.24) is 24.5 Å². The molecule has 0 spiro atoms. The summed E-state index contributed by atoms with van der Waals surface area (Å²) in [6, 6.07) is 5.22. The molecule has 1 aliphatic heterocycles. The van der Waals surface area contributed by atoms with Crippen LogP contribution in [0.4, 0.5) is 10.3 Å². The molecule has 0 atom stereocenters. The summed E-state index contributed by atoms with van der Waals surface area (Å²) in [5.74, 6) is 0.655. The van der Waals surface area contributed by atoms with Crippen molar-refractivity contribution in [3.8, 4) is 6.01 Å². The van der Waals surface area contributed by atoms with Gasteiger partial charge in [-0.2, -0.15) is 19.6 Å². The Morgan fingerprint density at radius 2 is 1.88 bits per heavy atom. The maximum atomic E-state index is 14.8. The predicted molar refractivity (Wildman–Crippen MR) is 164 cm³/mol. The van der Waals surface area contributed by atoms with Crippen LogP contribution >= 0.6 is 0 Å². The molecule has 2 aliphatic rings. The fourth-order valence-corrected chi connectivity index (χ4v) is 6.14. The van der Waals surface area contributed by atoms with E-state index >= 15 is 0 Å². The number of hydrogen-bond acceptors (Lipinski definition) is 8. The van der Waals surface area contributed by atoms with Gasteiger partial charge >= 0.3 is 6.01 Å². The number of ether oxygens (including phenoxy) is 1. The lowest BCUT2D eigenvalue weighted by Gasteiger charge is -2.28. The third kappa shape index (κ3) is 7.65. The molecule has 1 aromatic carbocycles. The molecule has 1 saturated heterocycles. The summed E-state index contributed by atoms with van der Waals surface area (Å²) < 4.78 is 22.7. The molecule has 5 rings (SSSR count). The summed E-state index contributed by atoms with van der Waals surface area (Å²) in [4.78, 5) is 36.5. The second-order valence-electron chi connectivity index (χ2n) is 12.5. The number of carbonyl (C=O) groups excluding carboxylic acids is 2. The molecule has 0 radical (unpaired) electrons. The number of rotatable bonds is 12. The van der Waals surface area contributed by atoms with Crippen molar-refractivity contribution >= 4 is 23.2 Å². The van der Waals surface area contributed by atoms with Crippen LogP contribution in [0.2, 0.25) is 0 Å². The van der Waals surface area contributed by atoms with Crippen LogP contribution in [0, 0.1) is 17.7 Å². The Kier molecular flexibility index (Phi) is 9.85. The SMILES string of the molecule is C=CC(=O)CC1CCC(C(=O)Cc2cc(CNc3nc(OC4CCN(C)CC4)nc4c(C(C)C)cnn34)ccc2F)CC1. The molecule has 230 valence electrons. The first-order chi connectivity index (χ1) is 20.7. The topological polar surface area (TPSA) is 102 Å². The number of aromatic nitrogens is 4. The Morgan fingerprint density at radius 1 is 1.14 bits per heavy atom. The lowest BCUT2D eigenvalue weighted by molar-refractivity contribution is -0.123. The number of ketones is 2. The van der Waals surface area contributed by atoms with E-state index in [2.05, 4.69) is 47.8 Å². The van der Waals surface area contributed by atoms with Crippen LogP contribution in [0.1, 0.15) is 81.4 Å². The van der Waals surface area contributed by atoms with Gasteiger partial charge in [-0.25, -0.2) is 4.39 Å².